The van der Waals surface area contributed by atoms with E-state index in [1.165, 1.54) is 13.2 Å². The van der Waals surface area contributed by atoms with Crippen LogP contribution in [-0.2, 0) is 17.5 Å². The van der Waals surface area contributed by atoms with Gasteiger partial charge in [-0.15, -0.1) is 11.8 Å². The van der Waals surface area contributed by atoms with Crippen LogP contribution in [0.1, 0.15) is 11.1 Å². The van der Waals surface area contributed by atoms with Gasteiger partial charge in [-0.1, -0.05) is 6.07 Å². The molecule has 0 aliphatic carbocycles. The Bertz CT molecular complexity index is 368. The van der Waals surface area contributed by atoms with Crippen LogP contribution in [0.2, 0.25) is 0 Å². The first-order chi connectivity index (χ1) is 7.99. The Morgan fingerprint density at radius 3 is 2.59 bits per heavy atom. The van der Waals surface area contributed by atoms with Gasteiger partial charge in [0.05, 0.1) is 12.2 Å². The second kappa shape index (κ2) is 6.28. The molecule has 0 saturated carbocycles. The van der Waals surface area contributed by atoms with E-state index in [1.54, 1.807) is 6.07 Å². The molecule has 6 heteroatoms. The largest absolute Gasteiger partial charge is 0.417 e. The molecule has 0 heterocycles. The summed E-state index contributed by atoms with van der Waals surface area (Å²) in [7, 11) is 1.52. The number of nitrogens with two attached hydrogens (primary N) is 1. The van der Waals surface area contributed by atoms with Gasteiger partial charge >= 0.3 is 6.18 Å². The third kappa shape index (κ3) is 4.22. The molecule has 1 aromatic rings. The third-order valence-electron chi connectivity index (χ3n) is 2.13. The minimum absolute atomic E-state index is 0.103. The Kier molecular flexibility index (Phi) is 5.30. The van der Waals surface area contributed by atoms with Gasteiger partial charge in [0.15, 0.2) is 0 Å². The highest BCUT2D eigenvalue weighted by molar-refractivity contribution is 7.99. The summed E-state index contributed by atoms with van der Waals surface area (Å²) < 4.78 is 43.2. The lowest BCUT2D eigenvalue weighted by Crippen LogP contribution is -2.09. The molecular formula is C11H14F3NOS. The maximum absolute atomic E-state index is 12.8. The van der Waals surface area contributed by atoms with E-state index in [9.17, 15) is 13.2 Å². The summed E-state index contributed by atoms with van der Waals surface area (Å²) in [5.74, 6) is 0.488. The predicted molar refractivity (Wildman–Crippen MR) is 61.9 cm³/mol. The van der Waals surface area contributed by atoms with Crippen molar-refractivity contribution >= 4 is 11.8 Å². The van der Waals surface area contributed by atoms with E-state index < -0.39 is 11.7 Å². The summed E-state index contributed by atoms with van der Waals surface area (Å²) in [5, 5.41) is 0. The topological polar surface area (TPSA) is 35.2 Å². The van der Waals surface area contributed by atoms with Gasteiger partial charge < -0.3 is 10.5 Å². The number of alkyl halides is 3. The molecule has 1 rings (SSSR count). The average Bonchev–Trinajstić information content (AvgIpc) is 2.28. The van der Waals surface area contributed by atoms with E-state index in [-0.39, 0.29) is 11.4 Å². The highest BCUT2D eigenvalue weighted by Crippen LogP contribution is 2.37. The molecule has 17 heavy (non-hydrogen) atoms. The van der Waals surface area contributed by atoms with Gasteiger partial charge in [-0.3, -0.25) is 0 Å². The molecule has 0 atom stereocenters. The van der Waals surface area contributed by atoms with Gasteiger partial charge in [0, 0.05) is 24.3 Å². The maximum atomic E-state index is 12.8. The average molecular weight is 265 g/mol. The van der Waals surface area contributed by atoms with Gasteiger partial charge in [-0.05, 0) is 17.7 Å². The van der Waals surface area contributed by atoms with Crippen molar-refractivity contribution < 1.29 is 17.9 Å². The molecule has 2 N–H and O–H groups in total. The van der Waals surface area contributed by atoms with Crippen LogP contribution in [-0.4, -0.2) is 19.5 Å². The van der Waals surface area contributed by atoms with Crippen LogP contribution in [0.3, 0.4) is 0 Å². The van der Waals surface area contributed by atoms with Gasteiger partial charge in [-0.25, -0.2) is 0 Å². The molecular weight excluding hydrogens is 251 g/mol. The number of thioether (sulfide) groups is 1. The molecule has 0 aromatic heterocycles. The van der Waals surface area contributed by atoms with Crippen LogP contribution in [0.15, 0.2) is 23.1 Å². The molecule has 0 unspecified atom stereocenters. The molecule has 0 saturated heterocycles. The smallest absolute Gasteiger partial charge is 0.384 e. The zero-order valence-corrected chi connectivity index (χ0v) is 10.2. The molecule has 0 aliphatic rings. The highest BCUT2D eigenvalue weighted by Gasteiger charge is 2.33. The number of hydrogen-bond acceptors (Lipinski definition) is 3. The summed E-state index contributed by atoms with van der Waals surface area (Å²) in [5.41, 5.74) is 5.20. The standard InChI is InChI=1S/C11H14F3NOS/c1-16-4-5-17-10-3-2-8(7-15)6-9(10)11(12,13)14/h2-3,6H,4-5,7,15H2,1H3. The lowest BCUT2D eigenvalue weighted by Gasteiger charge is -2.13. The highest BCUT2D eigenvalue weighted by atomic mass is 32.2. The minimum Gasteiger partial charge on any atom is -0.384 e. The quantitative estimate of drug-likeness (QED) is 0.656. The van der Waals surface area contributed by atoms with Crippen LogP contribution >= 0.6 is 11.8 Å². The van der Waals surface area contributed by atoms with Gasteiger partial charge in [-0.2, -0.15) is 13.2 Å². The number of methoxy groups -OCH3 is 1. The Morgan fingerprint density at radius 2 is 2.06 bits per heavy atom. The summed E-state index contributed by atoms with van der Waals surface area (Å²) in [6.07, 6.45) is -4.35. The monoisotopic (exact) mass is 265 g/mol. The molecule has 96 valence electrons. The number of rotatable bonds is 5. The first-order valence-corrected chi connectivity index (χ1v) is 5.99. The summed E-state index contributed by atoms with van der Waals surface area (Å²) >= 11 is 1.13. The Labute approximate surface area is 102 Å². The first kappa shape index (κ1) is 14.3. The SMILES string of the molecule is COCCSc1ccc(CN)cc1C(F)(F)F. The van der Waals surface area contributed by atoms with Crippen molar-refractivity contribution in [2.75, 3.05) is 19.5 Å². The van der Waals surface area contributed by atoms with Crippen LogP contribution in [0.4, 0.5) is 13.2 Å². The van der Waals surface area contributed by atoms with E-state index in [0.29, 0.717) is 17.9 Å². The van der Waals surface area contributed by atoms with Gasteiger partial charge in [0.1, 0.15) is 0 Å². The number of benzene rings is 1. The second-order valence-corrected chi connectivity index (χ2v) is 4.51. The molecule has 0 radical (unpaired) electrons. The van der Waals surface area contributed by atoms with Crippen molar-refractivity contribution in [3.63, 3.8) is 0 Å². The van der Waals surface area contributed by atoms with Crippen molar-refractivity contribution in [3.05, 3.63) is 29.3 Å². The van der Waals surface area contributed by atoms with Crippen LogP contribution in [0.5, 0.6) is 0 Å². The van der Waals surface area contributed by atoms with Crippen molar-refractivity contribution in [1.29, 1.82) is 0 Å². The lowest BCUT2D eigenvalue weighted by molar-refractivity contribution is -0.139. The van der Waals surface area contributed by atoms with Crippen LogP contribution < -0.4 is 5.73 Å². The zero-order chi connectivity index (χ0) is 12.9. The lowest BCUT2D eigenvalue weighted by atomic mass is 10.1. The zero-order valence-electron chi connectivity index (χ0n) is 9.38. The normalized spacial score (nSPS) is 11.8. The summed E-state index contributed by atoms with van der Waals surface area (Å²) in [4.78, 5) is 0.215. The van der Waals surface area contributed by atoms with Crippen molar-refractivity contribution in [2.24, 2.45) is 5.73 Å². The predicted octanol–water partition coefficient (Wildman–Crippen LogP) is 2.90. The number of hydrogen-bond donors (Lipinski definition) is 1. The fraction of sp³-hybridized carbons (Fsp3) is 0.455. The van der Waals surface area contributed by atoms with Crippen molar-refractivity contribution in [3.8, 4) is 0 Å². The molecule has 0 fully saturated rings. The van der Waals surface area contributed by atoms with Crippen LogP contribution in [0.25, 0.3) is 0 Å². The third-order valence-corrected chi connectivity index (χ3v) is 3.17. The molecule has 0 amide bonds. The van der Waals surface area contributed by atoms with Gasteiger partial charge in [0.25, 0.3) is 0 Å². The maximum Gasteiger partial charge on any atom is 0.417 e. The molecule has 0 spiro atoms. The van der Waals surface area contributed by atoms with E-state index >= 15 is 0 Å². The molecule has 0 bridgehead atoms. The molecule has 0 aliphatic heterocycles. The number of ether oxygens (including phenoxy) is 1. The Morgan fingerprint density at radius 1 is 1.35 bits per heavy atom. The minimum atomic E-state index is -4.35. The summed E-state index contributed by atoms with van der Waals surface area (Å²) in [6, 6.07) is 4.19. The van der Waals surface area contributed by atoms with Crippen molar-refractivity contribution in [1.82, 2.24) is 0 Å². The van der Waals surface area contributed by atoms with Crippen molar-refractivity contribution in [2.45, 2.75) is 17.6 Å². The van der Waals surface area contributed by atoms with Crippen LogP contribution in [0, 0.1) is 0 Å². The van der Waals surface area contributed by atoms with E-state index in [4.69, 9.17) is 10.5 Å². The second-order valence-electron chi connectivity index (χ2n) is 3.37. The molecule has 1 aromatic carbocycles. The van der Waals surface area contributed by atoms with E-state index in [0.717, 1.165) is 17.8 Å². The fourth-order valence-electron chi connectivity index (χ4n) is 1.29. The number of halogens is 3. The van der Waals surface area contributed by atoms with Gasteiger partial charge in [0.2, 0.25) is 0 Å². The first-order valence-electron chi connectivity index (χ1n) is 5.01. The van der Waals surface area contributed by atoms with E-state index in [2.05, 4.69) is 0 Å². The Hall–Kier alpha value is -0.720. The molecule has 2 nitrogen and oxygen atoms in total. The summed E-state index contributed by atoms with van der Waals surface area (Å²) in [6.45, 7) is 0.521. The fourth-order valence-corrected chi connectivity index (χ4v) is 2.25. The Balaban J connectivity index is 2.95. The van der Waals surface area contributed by atoms with E-state index in [1.807, 2.05) is 0 Å².